The summed E-state index contributed by atoms with van der Waals surface area (Å²) in [6.45, 7) is 6.11. The Kier molecular flexibility index (Phi) is 11.3. The Bertz CT molecular complexity index is 1450. The molecule has 2 amide bonds. The first-order valence-electron chi connectivity index (χ1n) is 15.0. The fourth-order valence-corrected chi connectivity index (χ4v) is 5.44. The number of fused-ring (bicyclic) bond motifs is 1. The van der Waals surface area contributed by atoms with E-state index in [1.807, 2.05) is 20.8 Å². The van der Waals surface area contributed by atoms with Crippen molar-refractivity contribution in [3.05, 3.63) is 30.0 Å². The zero-order chi connectivity index (χ0) is 34.5. The van der Waals surface area contributed by atoms with Crippen molar-refractivity contribution < 1.29 is 46.6 Å². The van der Waals surface area contributed by atoms with Crippen LogP contribution in [0.15, 0.2) is 24.3 Å². The van der Waals surface area contributed by atoms with Gasteiger partial charge in [-0.25, -0.2) is 0 Å². The van der Waals surface area contributed by atoms with Crippen molar-refractivity contribution in [2.45, 2.75) is 78.1 Å². The van der Waals surface area contributed by atoms with Gasteiger partial charge in [-0.15, -0.1) is 0 Å². The highest BCUT2D eigenvalue weighted by Crippen LogP contribution is 2.38. The lowest BCUT2D eigenvalue weighted by Gasteiger charge is -2.37. The molecule has 4 N–H and O–H groups in total. The monoisotopic (exact) mass is 652 g/mol. The molecule has 0 spiro atoms. The van der Waals surface area contributed by atoms with Crippen LogP contribution in [0.1, 0.15) is 70.8 Å². The van der Waals surface area contributed by atoms with E-state index in [0.717, 1.165) is 0 Å². The number of aromatic nitrogens is 1. The van der Waals surface area contributed by atoms with Crippen LogP contribution in [0.2, 0.25) is 0 Å². The zero-order valence-electron chi connectivity index (χ0n) is 27.0. The number of carbonyl (C=O) groups is 5. The van der Waals surface area contributed by atoms with Crippen LogP contribution in [-0.2, 0) is 23.9 Å². The van der Waals surface area contributed by atoms with Crippen LogP contribution < -0.4 is 20.7 Å². The molecule has 1 aromatic heterocycles. The molecular formula is C32H43F3N4O7. The zero-order valence-corrected chi connectivity index (χ0v) is 27.0. The third-order valence-electron chi connectivity index (χ3n) is 8.06. The van der Waals surface area contributed by atoms with E-state index in [1.54, 1.807) is 24.3 Å². The number of hydrogen-bond donors (Lipinski definition) is 4. The molecule has 3 atom stereocenters. The van der Waals surface area contributed by atoms with E-state index in [2.05, 4.69) is 20.9 Å². The van der Waals surface area contributed by atoms with Gasteiger partial charge in [0.25, 0.3) is 5.91 Å². The Morgan fingerprint density at radius 2 is 1.83 bits per heavy atom. The number of alkyl halides is 3. The fraction of sp³-hybridized carbons (Fsp3) is 0.594. The molecule has 1 saturated heterocycles. The second kappa shape index (κ2) is 14.2. The number of hydrogen-bond acceptors (Lipinski definition) is 8. The third kappa shape index (κ3) is 8.86. The normalized spacial score (nSPS) is 17.8. The average Bonchev–Trinajstić information content (AvgIpc) is 3.42. The van der Waals surface area contributed by atoms with Crippen molar-refractivity contribution in [1.82, 2.24) is 20.9 Å². The van der Waals surface area contributed by atoms with Crippen molar-refractivity contribution in [2.75, 3.05) is 26.8 Å². The number of H-pyrrole nitrogens is 1. The van der Waals surface area contributed by atoms with E-state index in [4.69, 9.17) is 9.47 Å². The summed E-state index contributed by atoms with van der Waals surface area (Å²) in [5, 5.41) is 9.16. The molecule has 11 nitrogen and oxygen atoms in total. The predicted octanol–water partition coefficient (Wildman–Crippen LogP) is 3.86. The number of rotatable bonds is 14. The average molecular weight is 653 g/mol. The van der Waals surface area contributed by atoms with E-state index in [0.29, 0.717) is 56.2 Å². The van der Waals surface area contributed by atoms with Gasteiger partial charge >= 0.3 is 12.1 Å². The number of nitrogens with one attached hydrogen (secondary N) is 4. The Hall–Kier alpha value is -3.94. The molecule has 254 valence electrons. The summed E-state index contributed by atoms with van der Waals surface area (Å²) in [7, 11) is 1.50. The summed E-state index contributed by atoms with van der Waals surface area (Å²) in [6.07, 6.45) is -3.15. The number of aromatic amines is 1. The molecule has 2 aromatic rings. The number of ether oxygens (including phenoxy) is 2. The molecule has 0 bridgehead atoms. The molecule has 1 fully saturated rings. The summed E-state index contributed by atoms with van der Waals surface area (Å²) in [4.78, 5) is 67.5. The van der Waals surface area contributed by atoms with Gasteiger partial charge < -0.3 is 35.2 Å². The number of aldehydes is 1. The van der Waals surface area contributed by atoms with Crippen molar-refractivity contribution in [1.29, 1.82) is 0 Å². The van der Waals surface area contributed by atoms with E-state index in [1.165, 1.54) is 7.11 Å². The van der Waals surface area contributed by atoms with E-state index in [9.17, 15) is 37.1 Å². The molecule has 2 heterocycles. The highest BCUT2D eigenvalue weighted by Gasteiger charge is 2.54. The Balaban J connectivity index is 1.87. The van der Waals surface area contributed by atoms with Crippen molar-refractivity contribution in [2.24, 2.45) is 16.7 Å². The highest BCUT2D eigenvalue weighted by atomic mass is 19.4. The SMILES string of the molecule is COc1cccc2[nH]c(C(=O)N[C@](C=O)(CN[C@@H](C[C@@H]3CCCNC3=O)C(=O)COC(=O)C(C)(C)C(F)(F)F)CC(C)(C)C)cc12. The summed E-state index contributed by atoms with van der Waals surface area (Å²) in [5.41, 5.74) is -4.12. The quantitative estimate of drug-likeness (QED) is 0.177. The summed E-state index contributed by atoms with van der Waals surface area (Å²) < 4.78 is 50.2. The number of benzene rings is 1. The van der Waals surface area contributed by atoms with Crippen LogP contribution >= 0.6 is 0 Å². The van der Waals surface area contributed by atoms with Gasteiger partial charge in [-0.1, -0.05) is 26.8 Å². The summed E-state index contributed by atoms with van der Waals surface area (Å²) in [6, 6.07) is 5.66. The van der Waals surface area contributed by atoms with Gasteiger partial charge in [-0.2, -0.15) is 13.2 Å². The molecule has 3 rings (SSSR count). The van der Waals surface area contributed by atoms with E-state index >= 15 is 0 Å². The molecule has 0 saturated carbocycles. The minimum atomic E-state index is -4.91. The first-order valence-corrected chi connectivity index (χ1v) is 15.0. The van der Waals surface area contributed by atoms with Crippen LogP contribution in [0.5, 0.6) is 5.75 Å². The standard InChI is InChI=1S/C32H43F3N4O7/c1-29(2,3)16-31(18-40,39-27(43)23-14-20-21(38-23)10-7-11-25(20)45-6)17-37-22(13-19-9-8-12-36-26(19)42)24(41)15-46-28(44)30(4,5)32(33,34)35/h7,10-11,14,18-19,22,37-38H,8-9,12-13,15-17H2,1-6H3,(H,36,42)(H,39,43)/t19-,22-,31-/m0/s1. The van der Waals surface area contributed by atoms with Gasteiger partial charge in [0.2, 0.25) is 5.91 Å². The second-order valence-electron chi connectivity index (χ2n) is 13.5. The van der Waals surface area contributed by atoms with Gasteiger partial charge in [0, 0.05) is 29.9 Å². The lowest BCUT2D eigenvalue weighted by atomic mass is 9.79. The van der Waals surface area contributed by atoms with Gasteiger partial charge in [0.05, 0.1) is 13.2 Å². The molecule has 0 aliphatic carbocycles. The number of piperidine rings is 1. The summed E-state index contributed by atoms with van der Waals surface area (Å²) >= 11 is 0. The maximum absolute atomic E-state index is 13.5. The molecule has 1 aromatic carbocycles. The van der Waals surface area contributed by atoms with Crippen molar-refractivity contribution in [3.8, 4) is 5.75 Å². The number of ketones is 1. The molecular weight excluding hydrogens is 609 g/mol. The number of methoxy groups -OCH3 is 1. The fourth-order valence-electron chi connectivity index (χ4n) is 5.44. The maximum Gasteiger partial charge on any atom is 0.404 e. The van der Waals surface area contributed by atoms with Gasteiger partial charge in [0.1, 0.15) is 23.3 Å². The lowest BCUT2D eigenvalue weighted by Crippen LogP contribution is -2.60. The maximum atomic E-state index is 13.5. The Morgan fingerprint density at radius 3 is 2.41 bits per heavy atom. The van der Waals surface area contributed by atoms with Crippen molar-refractivity contribution >= 4 is 40.8 Å². The first-order chi connectivity index (χ1) is 21.3. The molecule has 1 aliphatic heterocycles. The molecule has 0 radical (unpaired) electrons. The number of halogens is 3. The predicted molar refractivity (Wildman–Crippen MR) is 163 cm³/mol. The number of Topliss-reactive ketones (excluding diaryl/α,β-unsaturated/α-hetero) is 1. The minimum Gasteiger partial charge on any atom is -0.496 e. The first kappa shape index (κ1) is 36.5. The second-order valence-corrected chi connectivity index (χ2v) is 13.5. The van der Waals surface area contributed by atoms with E-state index < -0.39 is 58.8 Å². The minimum absolute atomic E-state index is 0.0644. The highest BCUT2D eigenvalue weighted by molar-refractivity contribution is 6.01. The number of esters is 1. The van der Waals surface area contributed by atoms with Gasteiger partial charge in [0.15, 0.2) is 17.8 Å². The largest absolute Gasteiger partial charge is 0.496 e. The van der Waals surface area contributed by atoms with Crippen LogP contribution in [0, 0.1) is 16.7 Å². The Labute approximate surface area is 265 Å². The molecule has 1 aliphatic rings. The Morgan fingerprint density at radius 1 is 1.13 bits per heavy atom. The number of amides is 2. The smallest absolute Gasteiger partial charge is 0.404 e. The van der Waals surface area contributed by atoms with Crippen molar-refractivity contribution in [3.63, 3.8) is 0 Å². The molecule has 0 unspecified atom stereocenters. The van der Waals surface area contributed by atoms with Crippen LogP contribution in [0.4, 0.5) is 13.2 Å². The van der Waals surface area contributed by atoms with Crippen LogP contribution in [0.3, 0.4) is 0 Å². The lowest BCUT2D eigenvalue weighted by molar-refractivity contribution is -0.224. The molecule has 14 heteroatoms. The summed E-state index contributed by atoms with van der Waals surface area (Å²) in [5.74, 6) is -3.37. The van der Waals surface area contributed by atoms with Crippen LogP contribution in [-0.4, -0.2) is 79.4 Å². The third-order valence-corrected chi connectivity index (χ3v) is 8.06. The van der Waals surface area contributed by atoms with Gasteiger partial charge in [-0.05, 0) is 63.1 Å². The molecule has 46 heavy (non-hydrogen) atoms. The van der Waals surface area contributed by atoms with Crippen LogP contribution in [0.25, 0.3) is 10.9 Å². The number of carbonyl (C=O) groups excluding carboxylic acids is 5. The topological polar surface area (TPSA) is 156 Å². The van der Waals surface area contributed by atoms with Gasteiger partial charge in [-0.3, -0.25) is 19.2 Å². The van der Waals surface area contributed by atoms with E-state index in [-0.39, 0.29) is 31.0 Å².